The van der Waals surface area contributed by atoms with E-state index in [0.29, 0.717) is 36.9 Å². The monoisotopic (exact) mass is 712 g/mol. The van der Waals surface area contributed by atoms with Gasteiger partial charge in [-0.3, -0.25) is 18.7 Å². The molecule has 4 aliphatic rings. The molecule has 2 unspecified atom stereocenters. The standard InChI is InChI=1S/C26H28N4O2.C13H16O5S/c1-16-23(26(32)15-29-21-6-7-24(29)25(31)12-21)11-22(10-18-8-19(9-18)14-28)30(16)20-4-2-17(13-27)3-5-20;1-19(15,16)18-12-7-11(8-12)13(14)17-9-10-5-3-2-4-6-10/h2-5,11,18-19,21,24-25,31H,6-10,12,15H2,1H3;2-6,11-12H,7-9H2,1H3/t18?,19?,21?,24?,25-;/m0./s1. The summed E-state index contributed by atoms with van der Waals surface area (Å²) < 4.78 is 33.9. The number of esters is 1. The van der Waals surface area contributed by atoms with Crippen molar-refractivity contribution in [3.8, 4) is 17.8 Å². The normalized spacial score (nSPS) is 26.5. The summed E-state index contributed by atoms with van der Waals surface area (Å²) in [5.41, 5.74) is 5.22. The number of aliphatic hydroxyl groups is 1. The van der Waals surface area contributed by atoms with Crippen molar-refractivity contribution >= 4 is 21.9 Å². The fourth-order valence-corrected chi connectivity index (χ4v) is 8.60. The summed E-state index contributed by atoms with van der Waals surface area (Å²) in [6, 6.07) is 23.8. The minimum atomic E-state index is -3.44. The van der Waals surface area contributed by atoms with Crippen LogP contribution in [0.5, 0.6) is 0 Å². The van der Waals surface area contributed by atoms with Crippen molar-refractivity contribution in [1.29, 1.82) is 10.5 Å². The average Bonchev–Trinajstić information content (AvgIpc) is 3.72. The van der Waals surface area contributed by atoms with Gasteiger partial charge in [0.1, 0.15) is 6.61 Å². The second-order valence-electron chi connectivity index (χ2n) is 14.4. The summed E-state index contributed by atoms with van der Waals surface area (Å²) in [7, 11) is -3.44. The summed E-state index contributed by atoms with van der Waals surface area (Å²) in [6.07, 6.45) is 6.58. The SMILES string of the molecule is CS(=O)(=O)OC1CC(C(=O)OCc2ccccc2)C1.Cc1c(C(=O)CN2C3CCC2[C@@H](O)C3)cc(CC2CC(C#N)C2)n1-c1ccc(C#N)cc1. The molecule has 3 atom stereocenters. The van der Waals surface area contributed by atoms with E-state index in [1.807, 2.05) is 55.5 Å². The van der Waals surface area contributed by atoms with Gasteiger partial charge in [0.25, 0.3) is 10.1 Å². The highest BCUT2D eigenvalue weighted by atomic mass is 32.2. The van der Waals surface area contributed by atoms with Crippen molar-refractivity contribution < 1.29 is 32.0 Å². The Morgan fingerprint density at radius 1 is 0.980 bits per heavy atom. The van der Waals surface area contributed by atoms with Gasteiger partial charge in [-0.05, 0) is 100 Å². The zero-order chi connectivity index (χ0) is 36.3. The Kier molecular flexibility index (Phi) is 11.1. The van der Waals surface area contributed by atoms with E-state index in [1.165, 1.54) is 0 Å². The lowest BCUT2D eigenvalue weighted by Crippen LogP contribution is -2.38. The molecule has 2 bridgehead atoms. The molecule has 2 saturated carbocycles. The molecule has 0 amide bonds. The number of aliphatic hydroxyl groups excluding tert-OH is 1. The van der Waals surface area contributed by atoms with Crippen LogP contribution in [0.3, 0.4) is 0 Å². The van der Waals surface area contributed by atoms with Gasteiger partial charge >= 0.3 is 5.97 Å². The number of carbonyl (C=O) groups is 2. The molecule has 0 radical (unpaired) electrons. The molecule has 2 saturated heterocycles. The van der Waals surface area contributed by atoms with Crippen LogP contribution >= 0.6 is 0 Å². The average molecular weight is 713 g/mol. The number of Topliss-reactive ketones (excluding diaryl/α,β-unsaturated/α-hetero) is 1. The van der Waals surface area contributed by atoms with Crippen LogP contribution in [0.4, 0.5) is 0 Å². The molecular formula is C39H44N4O7S. The summed E-state index contributed by atoms with van der Waals surface area (Å²) in [5, 5.41) is 28.5. The predicted molar refractivity (Wildman–Crippen MR) is 188 cm³/mol. The van der Waals surface area contributed by atoms with Crippen molar-refractivity contribution in [2.75, 3.05) is 12.8 Å². The Hall–Kier alpha value is -4.33. The van der Waals surface area contributed by atoms with Crippen LogP contribution in [-0.4, -0.2) is 71.8 Å². The van der Waals surface area contributed by atoms with Gasteiger partial charge in [0, 0.05) is 40.6 Å². The third-order valence-electron chi connectivity index (χ3n) is 10.7. The van der Waals surface area contributed by atoms with Crippen LogP contribution in [0, 0.1) is 47.3 Å². The molecule has 4 fully saturated rings. The molecule has 1 N–H and O–H groups in total. The molecule has 1 aromatic heterocycles. The maximum absolute atomic E-state index is 13.4. The molecule has 3 heterocycles. The van der Waals surface area contributed by atoms with Gasteiger partial charge in [0.15, 0.2) is 5.78 Å². The number of nitrogens with zero attached hydrogens (tertiary/aromatic N) is 4. The van der Waals surface area contributed by atoms with E-state index in [1.54, 1.807) is 12.1 Å². The topological polar surface area (TPSA) is 163 Å². The Bertz CT molecular complexity index is 1920. The zero-order valence-corrected chi connectivity index (χ0v) is 29.8. The maximum atomic E-state index is 13.4. The molecule has 51 heavy (non-hydrogen) atoms. The fraction of sp³-hybridized carbons (Fsp3) is 0.487. The van der Waals surface area contributed by atoms with E-state index in [9.17, 15) is 23.1 Å². The van der Waals surface area contributed by atoms with Crippen LogP contribution < -0.4 is 0 Å². The van der Waals surface area contributed by atoms with Gasteiger partial charge in [-0.25, -0.2) is 0 Å². The summed E-state index contributed by atoms with van der Waals surface area (Å²) in [5.74, 6) is 0.162. The van der Waals surface area contributed by atoms with Gasteiger partial charge in [-0.1, -0.05) is 30.3 Å². The van der Waals surface area contributed by atoms with E-state index in [4.69, 9.17) is 19.4 Å². The van der Waals surface area contributed by atoms with Crippen molar-refractivity contribution in [3.05, 3.63) is 88.7 Å². The molecular weight excluding hydrogens is 669 g/mol. The Labute approximate surface area is 299 Å². The van der Waals surface area contributed by atoms with Crippen molar-refractivity contribution in [2.24, 2.45) is 17.8 Å². The van der Waals surface area contributed by atoms with E-state index in [-0.39, 0.29) is 48.4 Å². The first kappa shape index (κ1) is 36.5. The number of carbonyl (C=O) groups excluding carboxylic acids is 2. The summed E-state index contributed by atoms with van der Waals surface area (Å²) >= 11 is 0. The number of hydrogen-bond donors (Lipinski definition) is 1. The quantitative estimate of drug-likeness (QED) is 0.162. The lowest BCUT2D eigenvalue weighted by molar-refractivity contribution is -0.156. The molecule has 7 rings (SSSR count). The minimum absolute atomic E-state index is 0.102. The molecule has 2 aliphatic carbocycles. The first-order valence-electron chi connectivity index (χ1n) is 17.6. The van der Waals surface area contributed by atoms with Crippen LogP contribution in [0.1, 0.15) is 77.8 Å². The minimum Gasteiger partial charge on any atom is -0.461 e. The van der Waals surface area contributed by atoms with Gasteiger partial charge < -0.3 is 14.4 Å². The number of benzene rings is 2. The maximum Gasteiger partial charge on any atom is 0.309 e. The molecule has 0 spiro atoms. The summed E-state index contributed by atoms with van der Waals surface area (Å²) in [4.78, 5) is 27.3. The van der Waals surface area contributed by atoms with E-state index < -0.39 is 10.1 Å². The van der Waals surface area contributed by atoms with Crippen LogP contribution in [0.2, 0.25) is 0 Å². The van der Waals surface area contributed by atoms with Crippen LogP contribution in [0.25, 0.3) is 5.69 Å². The van der Waals surface area contributed by atoms with Gasteiger partial charge in [-0.2, -0.15) is 18.9 Å². The van der Waals surface area contributed by atoms with E-state index in [2.05, 4.69) is 21.6 Å². The molecule has 268 valence electrons. The van der Waals surface area contributed by atoms with Gasteiger partial charge in [0.2, 0.25) is 0 Å². The highest BCUT2D eigenvalue weighted by Crippen LogP contribution is 2.39. The second-order valence-corrected chi connectivity index (χ2v) is 16.0. The lowest BCUT2D eigenvalue weighted by atomic mass is 9.73. The molecule has 2 aromatic carbocycles. The summed E-state index contributed by atoms with van der Waals surface area (Å²) in [6.45, 7) is 2.58. The van der Waals surface area contributed by atoms with Crippen molar-refractivity contribution in [2.45, 2.75) is 89.2 Å². The van der Waals surface area contributed by atoms with Crippen molar-refractivity contribution in [1.82, 2.24) is 9.47 Å². The van der Waals surface area contributed by atoms with Crippen LogP contribution in [-0.2, 0) is 36.9 Å². The number of hydrogen-bond acceptors (Lipinski definition) is 10. The highest BCUT2D eigenvalue weighted by molar-refractivity contribution is 7.86. The predicted octanol–water partition coefficient (Wildman–Crippen LogP) is 5.01. The number of nitriles is 2. The number of fused-ring (bicyclic) bond motifs is 2. The molecule has 12 heteroatoms. The molecule has 2 aliphatic heterocycles. The highest BCUT2D eigenvalue weighted by Gasteiger charge is 2.46. The zero-order valence-electron chi connectivity index (χ0n) is 29.0. The third-order valence-corrected chi connectivity index (χ3v) is 11.4. The van der Waals surface area contributed by atoms with E-state index >= 15 is 0 Å². The lowest BCUT2D eigenvalue weighted by Gasteiger charge is -2.32. The Balaban J connectivity index is 0.000000202. The number of aromatic nitrogens is 1. The van der Waals surface area contributed by atoms with Crippen LogP contribution in [0.15, 0.2) is 60.7 Å². The third kappa shape index (κ3) is 8.59. The van der Waals surface area contributed by atoms with Crippen molar-refractivity contribution in [3.63, 3.8) is 0 Å². The van der Waals surface area contributed by atoms with Gasteiger partial charge in [0.05, 0.1) is 48.6 Å². The Morgan fingerprint density at radius 2 is 1.69 bits per heavy atom. The largest absolute Gasteiger partial charge is 0.461 e. The first-order chi connectivity index (χ1) is 24.4. The second kappa shape index (κ2) is 15.5. The molecule has 3 aromatic rings. The first-order valence-corrected chi connectivity index (χ1v) is 19.4. The Morgan fingerprint density at radius 3 is 2.27 bits per heavy atom. The number of ether oxygens (including phenoxy) is 1. The molecule has 11 nitrogen and oxygen atoms in total. The fourth-order valence-electron chi connectivity index (χ4n) is 7.95. The smallest absolute Gasteiger partial charge is 0.309 e. The number of rotatable bonds is 11. The van der Waals surface area contributed by atoms with E-state index in [0.717, 1.165) is 73.0 Å². The number of ketones is 1. The van der Waals surface area contributed by atoms with Gasteiger partial charge in [-0.15, -0.1) is 0 Å².